The van der Waals surface area contributed by atoms with E-state index in [0.29, 0.717) is 22.9 Å². The fourth-order valence-corrected chi connectivity index (χ4v) is 9.33. The first-order valence-corrected chi connectivity index (χ1v) is 12.6. The maximum Gasteiger partial charge on any atom is 0.0900 e. The Morgan fingerprint density at radius 1 is 1.13 bits per heavy atom. The van der Waals surface area contributed by atoms with E-state index in [-0.39, 0.29) is 6.10 Å². The molecule has 3 heteroatoms. The van der Waals surface area contributed by atoms with Crippen LogP contribution in [0.2, 0.25) is 0 Å². The predicted octanol–water partition coefficient (Wildman–Crippen LogP) is 4.63. The van der Waals surface area contributed by atoms with E-state index >= 15 is 0 Å². The molecule has 6 rings (SSSR count). The van der Waals surface area contributed by atoms with E-state index in [1.165, 1.54) is 51.4 Å². The fourth-order valence-electron chi connectivity index (χ4n) is 9.33. The normalized spacial score (nSPS) is 43.1. The minimum atomic E-state index is -0.338. The lowest BCUT2D eigenvalue weighted by atomic mass is 9.23. The Hall–Kier alpha value is -0.900. The van der Waals surface area contributed by atoms with Crippen LogP contribution in [-0.2, 0) is 10.2 Å². The monoisotopic (exact) mass is 409 g/mol. The average Bonchev–Trinajstić information content (AvgIpc) is 3.23. The molecule has 1 heterocycles. The van der Waals surface area contributed by atoms with Crippen molar-refractivity contribution in [3.8, 4) is 0 Å². The number of benzene rings is 1. The molecule has 164 valence electrons. The van der Waals surface area contributed by atoms with E-state index in [4.69, 9.17) is 4.74 Å². The highest BCUT2D eigenvalue weighted by atomic mass is 16.5. The summed E-state index contributed by atoms with van der Waals surface area (Å²) in [4.78, 5) is 2.42. The second-order valence-corrected chi connectivity index (χ2v) is 11.7. The Bertz CT molecular complexity index is 774. The van der Waals surface area contributed by atoms with Crippen molar-refractivity contribution in [1.29, 1.82) is 0 Å². The van der Waals surface area contributed by atoms with E-state index in [2.05, 4.69) is 42.2 Å². The number of hydrogen-bond donors (Lipinski definition) is 1. The molecule has 5 unspecified atom stereocenters. The highest BCUT2D eigenvalue weighted by Crippen LogP contribution is 2.92. The van der Waals surface area contributed by atoms with Gasteiger partial charge >= 0.3 is 0 Å². The van der Waals surface area contributed by atoms with Gasteiger partial charge < -0.3 is 14.7 Å². The highest BCUT2D eigenvalue weighted by molar-refractivity contribution is 5.47. The molecule has 1 aliphatic heterocycles. The molecule has 2 bridgehead atoms. The van der Waals surface area contributed by atoms with Crippen LogP contribution in [0, 0.1) is 28.6 Å². The Kier molecular flexibility index (Phi) is 4.64. The van der Waals surface area contributed by atoms with Crippen LogP contribution in [0.4, 0.5) is 0 Å². The van der Waals surface area contributed by atoms with Gasteiger partial charge in [-0.3, -0.25) is 0 Å². The van der Waals surface area contributed by atoms with Crippen molar-refractivity contribution in [2.45, 2.75) is 69.8 Å². The standard InChI is InChI=1S/C27H39NO2/c1-20-7-10-28(11-8-20)17-24(29)18-30-12-9-25-14-21-13-23-16-26(19-25,27(23,25)15-21)22-5-3-2-4-6-22/h2-6,20-21,23-24,29H,7-19H2,1H3/t21?,23?,24-,25?,26?,27?/m1/s1. The number of fused-ring (bicyclic) bond motifs is 1. The van der Waals surface area contributed by atoms with Gasteiger partial charge in [0.15, 0.2) is 0 Å². The van der Waals surface area contributed by atoms with Gasteiger partial charge in [-0.25, -0.2) is 0 Å². The summed E-state index contributed by atoms with van der Waals surface area (Å²) >= 11 is 0. The summed E-state index contributed by atoms with van der Waals surface area (Å²) in [5.74, 6) is 2.78. The lowest BCUT2D eigenvalue weighted by Crippen LogP contribution is -2.76. The third-order valence-electron chi connectivity index (χ3n) is 10.3. The Morgan fingerprint density at radius 3 is 2.70 bits per heavy atom. The zero-order chi connectivity index (χ0) is 20.4. The summed E-state index contributed by atoms with van der Waals surface area (Å²) in [5.41, 5.74) is 3.21. The number of likely N-dealkylation sites (tertiary alicyclic amines) is 1. The van der Waals surface area contributed by atoms with Crippen molar-refractivity contribution in [3.05, 3.63) is 35.9 Å². The number of rotatable bonds is 8. The number of β-amino-alcohol motifs (C(OH)–C–C–N with tert-alkyl or cyclic N) is 1. The van der Waals surface area contributed by atoms with E-state index in [9.17, 15) is 5.11 Å². The molecule has 0 aromatic heterocycles. The molecule has 5 fully saturated rings. The van der Waals surface area contributed by atoms with Crippen LogP contribution in [0.25, 0.3) is 0 Å². The van der Waals surface area contributed by atoms with Crippen LogP contribution in [-0.4, -0.2) is 49.0 Å². The molecule has 0 radical (unpaired) electrons. The Labute approximate surface area is 182 Å². The van der Waals surface area contributed by atoms with Crippen LogP contribution in [0.5, 0.6) is 0 Å². The molecule has 6 atom stereocenters. The molecule has 0 amide bonds. The van der Waals surface area contributed by atoms with Crippen molar-refractivity contribution >= 4 is 0 Å². The average molecular weight is 410 g/mol. The fraction of sp³-hybridized carbons (Fsp3) is 0.778. The van der Waals surface area contributed by atoms with Crippen LogP contribution >= 0.6 is 0 Å². The quantitative estimate of drug-likeness (QED) is 0.635. The van der Waals surface area contributed by atoms with Gasteiger partial charge in [-0.1, -0.05) is 37.3 Å². The summed E-state index contributed by atoms with van der Waals surface area (Å²) < 4.78 is 6.08. The predicted molar refractivity (Wildman–Crippen MR) is 119 cm³/mol. The second-order valence-electron chi connectivity index (χ2n) is 11.7. The number of aliphatic hydroxyl groups excluding tert-OH is 1. The summed E-state index contributed by atoms with van der Waals surface area (Å²) in [6.45, 7) is 6.72. The van der Waals surface area contributed by atoms with Gasteiger partial charge in [-0.05, 0) is 98.6 Å². The molecular weight excluding hydrogens is 370 g/mol. The van der Waals surface area contributed by atoms with Gasteiger partial charge in [0.25, 0.3) is 0 Å². The Morgan fingerprint density at radius 2 is 1.93 bits per heavy atom. The van der Waals surface area contributed by atoms with E-state index in [1.54, 1.807) is 5.56 Å². The molecule has 1 saturated heterocycles. The van der Waals surface area contributed by atoms with Gasteiger partial charge in [-0.2, -0.15) is 0 Å². The second kappa shape index (κ2) is 7.05. The first-order chi connectivity index (χ1) is 14.6. The lowest BCUT2D eigenvalue weighted by Gasteiger charge is -2.80. The molecule has 1 aromatic rings. The van der Waals surface area contributed by atoms with Crippen LogP contribution in [0.1, 0.15) is 63.9 Å². The summed E-state index contributed by atoms with van der Waals surface area (Å²) in [7, 11) is 0. The van der Waals surface area contributed by atoms with Crippen LogP contribution < -0.4 is 0 Å². The third kappa shape index (κ3) is 2.61. The third-order valence-corrected chi connectivity index (χ3v) is 10.3. The SMILES string of the molecule is CC1CCN(C[C@@H](O)COCCC23CC4CC5CC(c6ccccc6)(C2)C53C4)CC1. The summed E-state index contributed by atoms with van der Waals surface area (Å²) in [6.07, 6.45) is 10.6. The largest absolute Gasteiger partial charge is 0.389 e. The van der Waals surface area contributed by atoms with Crippen molar-refractivity contribution in [3.63, 3.8) is 0 Å². The van der Waals surface area contributed by atoms with Gasteiger partial charge in [0.2, 0.25) is 0 Å². The highest BCUT2D eigenvalue weighted by Gasteiger charge is 2.86. The first-order valence-electron chi connectivity index (χ1n) is 12.6. The number of hydrogen-bond acceptors (Lipinski definition) is 3. The smallest absolute Gasteiger partial charge is 0.0900 e. The van der Waals surface area contributed by atoms with E-state index in [1.807, 2.05) is 0 Å². The minimum absolute atomic E-state index is 0.338. The molecule has 1 aromatic carbocycles. The Balaban J connectivity index is 1.04. The van der Waals surface area contributed by atoms with Crippen LogP contribution in [0.15, 0.2) is 30.3 Å². The topological polar surface area (TPSA) is 32.7 Å². The molecule has 4 saturated carbocycles. The molecule has 4 aliphatic carbocycles. The summed E-state index contributed by atoms with van der Waals surface area (Å²) in [6, 6.07) is 11.4. The summed E-state index contributed by atoms with van der Waals surface area (Å²) in [5, 5.41) is 10.5. The maximum absolute atomic E-state index is 10.5. The molecule has 1 spiro atoms. The lowest BCUT2D eigenvalue weighted by molar-refractivity contribution is -0.275. The molecule has 5 aliphatic rings. The van der Waals surface area contributed by atoms with Crippen molar-refractivity contribution in [1.82, 2.24) is 4.90 Å². The molecule has 3 nitrogen and oxygen atoms in total. The van der Waals surface area contributed by atoms with Crippen molar-refractivity contribution in [2.24, 2.45) is 28.6 Å². The molecule has 30 heavy (non-hydrogen) atoms. The maximum atomic E-state index is 10.5. The van der Waals surface area contributed by atoms with Gasteiger partial charge in [0.05, 0.1) is 12.7 Å². The van der Waals surface area contributed by atoms with Gasteiger partial charge in [0.1, 0.15) is 0 Å². The van der Waals surface area contributed by atoms with Gasteiger partial charge in [-0.15, -0.1) is 0 Å². The number of ether oxygens (including phenoxy) is 1. The van der Waals surface area contributed by atoms with Crippen molar-refractivity contribution < 1.29 is 9.84 Å². The molecule has 1 N–H and O–H groups in total. The minimum Gasteiger partial charge on any atom is -0.389 e. The van der Waals surface area contributed by atoms with Crippen molar-refractivity contribution in [2.75, 3.05) is 32.8 Å². The molecular formula is C27H39NO2. The first kappa shape index (κ1) is 19.8. The van der Waals surface area contributed by atoms with Crippen LogP contribution in [0.3, 0.4) is 0 Å². The van der Waals surface area contributed by atoms with E-state index < -0.39 is 0 Å². The zero-order valence-corrected chi connectivity index (χ0v) is 18.7. The number of nitrogens with zero attached hydrogens (tertiary/aromatic N) is 1. The van der Waals surface area contributed by atoms with Gasteiger partial charge in [0, 0.05) is 18.6 Å². The number of aliphatic hydroxyl groups is 1. The number of piperidine rings is 1. The zero-order valence-electron chi connectivity index (χ0n) is 18.7. The van der Waals surface area contributed by atoms with E-state index in [0.717, 1.165) is 44.0 Å².